The van der Waals surface area contributed by atoms with Crippen LogP contribution in [-0.2, 0) is 23.1 Å². The smallest absolute Gasteiger partial charge is 0.243 e. The van der Waals surface area contributed by atoms with Crippen molar-refractivity contribution in [2.45, 2.75) is 32.2 Å². The molecular weight excluding hydrogens is 244 g/mol. The summed E-state index contributed by atoms with van der Waals surface area (Å²) >= 11 is 0. The summed E-state index contributed by atoms with van der Waals surface area (Å²) in [6.45, 7) is 2.67. The summed E-state index contributed by atoms with van der Waals surface area (Å²) in [4.78, 5) is 29.7. The molecular formula is C13H20N4O2. The second kappa shape index (κ2) is 5.86. The van der Waals surface area contributed by atoms with Crippen LogP contribution in [0.4, 0.5) is 0 Å². The molecule has 1 atom stereocenters. The molecule has 0 aromatic carbocycles. The summed E-state index contributed by atoms with van der Waals surface area (Å²) in [5.41, 5.74) is 0. The van der Waals surface area contributed by atoms with Crippen molar-refractivity contribution in [1.82, 2.24) is 19.8 Å². The first-order valence-corrected chi connectivity index (χ1v) is 6.67. The highest BCUT2D eigenvalue weighted by Gasteiger charge is 2.33. The molecule has 1 aliphatic heterocycles. The lowest BCUT2D eigenvalue weighted by molar-refractivity contribution is -0.145. The van der Waals surface area contributed by atoms with Crippen molar-refractivity contribution in [3.63, 3.8) is 0 Å². The molecule has 2 amide bonds. The SMILES string of the molecule is CCCC1C(=O)NCC(=O)N1CCc1nccn1C. The van der Waals surface area contributed by atoms with E-state index in [0.717, 1.165) is 12.2 Å². The predicted molar refractivity (Wildman–Crippen MR) is 70.3 cm³/mol. The molecule has 6 heteroatoms. The summed E-state index contributed by atoms with van der Waals surface area (Å²) in [7, 11) is 1.93. The summed E-state index contributed by atoms with van der Waals surface area (Å²) in [5.74, 6) is 0.877. The van der Waals surface area contributed by atoms with E-state index in [1.807, 2.05) is 24.7 Å². The highest BCUT2D eigenvalue weighted by Crippen LogP contribution is 2.12. The fourth-order valence-electron chi connectivity index (χ4n) is 2.40. The molecule has 1 fully saturated rings. The van der Waals surface area contributed by atoms with Crippen LogP contribution >= 0.6 is 0 Å². The number of carbonyl (C=O) groups excluding carboxylic acids is 2. The number of amides is 2. The van der Waals surface area contributed by atoms with Crippen LogP contribution in [0.25, 0.3) is 0 Å². The maximum absolute atomic E-state index is 12.0. The van der Waals surface area contributed by atoms with Crippen molar-refractivity contribution < 1.29 is 9.59 Å². The molecule has 1 aromatic heterocycles. The van der Waals surface area contributed by atoms with Crippen molar-refractivity contribution in [2.75, 3.05) is 13.1 Å². The first-order chi connectivity index (χ1) is 9.13. The van der Waals surface area contributed by atoms with Crippen LogP contribution in [-0.4, -0.2) is 45.4 Å². The Balaban J connectivity index is 2.04. The maximum Gasteiger partial charge on any atom is 0.243 e. The van der Waals surface area contributed by atoms with Crippen LogP contribution in [0.5, 0.6) is 0 Å². The summed E-state index contributed by atoms with van der Waals surface area (Å²) in [5, 5.41) is 2.65. The molecule has 6 nitrogen and oxygen atoms in total. The molecule has 0 saturated carbocycles. The Hall–Kier alpha value is -1.85. The first kappa shape index (κ1) is 13.6. The van der Waals surface area contributed by atoms with Gasteiger partial charge in [-0.05, 0) is 6.42 Å². The Morgan fingerprint density at radius 3 is 2.89 bits per heavy atom. The second-order valence-electron chi connectivity index (χ2n) is 4.81. The molecule has 0 radical (unpaired) electrons. The molecule has 1 aliphatic rings. The molecule has 104 valence electrons. The topological polar surface area (TPSA) is 67.2 Å². The van der Waals surface area contributed by atoms with E-state index in [1.54, 1.807) is 11.1 Å². The summed E-state index contributed by atoms with van der Waals surface area (Å²) < 4.78 is 1.93. The highest BCUT2D eigenvalue weighted by molar-refractivity contribution is 5.94. The number of piperazine rings is 1. The molecule has 0 spiro atoms. The van der Waals surface area contributed by atoms with E-state index in [0.29, 0.717) is 19.4 Å². The van der Waals surface area contributed by atoms with Crippen molar-refractivity contribution in [1.29, 1.82) is 0 Å². The van der Waals surface area contributed by atoms with Crippen molar-refractivity contribution >= 4 is 11.8 Å². The number of imidazole rings is 1. The lowest BCUT2D eigenvalue weighted by Crippen LogP contribution is -2.58. The third-order valence-electron chi connectivity index (χ3n) is 3.47. The summed E-state index contributed by atoms with van der Waals surface area (Å²) in [6.07, 6.45) is 5.87. The molecule has 1 unspecified atom stereocenters. The number of aromatic nitrogens is 2. The zero-order valence-corrected chi connectivity index (χ0v) is 11.4. The van der Waals surface area contributed by atoms with Gasteiger partial charge in [-0.3, -0.25) is 9.59 Å². The van der Waals surface area contributed by atoms with E-state index in [2.05, 4.69) is 10.3 Å². The van der Waals surface area contributed by atoms with Crippen molar-refractivity contribution in [3.8, 4) is 0 Å². The first-order valence-electron chi connectivity index (χ1n) is 6.67. The molecule has 0 bridgehead atoms. The van der Waals surface area contributed by atoms with Gasteiger partial charge in [0.2, 0.25) is 11.8 Å². The van der Waals surface area contributed by atoms with Crippen LogP contribution in [0.3, 0.4) is 0 Å². The van der Waals surface area contributed by atoms with Gasteiger partial charge in [0.25, 0.3) is 0 Å². The predicted octanol–water partition coefficient (Wildman–Crippen LogP) is 0.0897. The lowest BCUT2D eigenvalue weighted by atomic mass is 10.1. The Morgan fingerprint density at radius 1 is 1.47 bits per heavy atom. The molecule has 19 heavy (non-hydrogen) atoms. The number of carbonyl (C=O) groups is 2. The van der Waals surface area contributed by atoms with Crippen LogP contribution < -0.4 is 5.32 Å². The number of nitrogens with zero attached hydrogens (tertiary/aromatic N) is 3. The zero-order chi connectivity index (χ0) is 13.8. The Bertz CT molecular complexity index is 469. The fraction of sp³-hybridized carbons (Fsp3) is 0.615. The molecule has 2 heterocycles. The van der Waals surface area contributed by atoms with Gasteiger partial charge in [0.1, 0.15) is 11.9 Å². The standard InChI is InChI=1S/C13H20N4O2/c1-3-4-10-13(19)15-9-12(18)17(10)7-5-11-14-6-8-16(11)2/h6,8,10H,3-5,7,9H2,1-2H3,(H,15,19). The minimum atomic E-state index is -0.327. The minimum Gasteiger partial charge on any atom is -0.345 e. The average Bonchev–Trinajstić information content (AvgIpc) is 2.79. The molecule has 0 aliphatic carbocycles. The van der Waals surface area contributed by atoms with E-state index in [9.17, 15) is 9.59 Å². The molecule has 1 N–H and O–H groups in total. The van der Waals surface area contributed by atoms with Crippen LogP contribution in [0.1, 0.15) is 25.6 Å². The molecule has 1 aromatic rings. The van der Waals surface area contributed by atoms with Gasteiger partial charge in [-0.2, -0.15) is 0 Å². The largest absolute Gasteiger partial charge is 0.345 e. The van der Waals surface area contributed by atoms with Crippen LogP contribution in [0, 0.1) is 0 Å². The monoisotopic (exact) mass is 264 g/mol. The zero-order valence-electron chi connectivity index (χ0n) is 11.4. The van der Waals surface area contributed by atoms with Crippen molar-refractivity contribution in [2.24, 2.45) is 7.05 Å². The number of hydrogen-bond donors (Lipinski definition) is 1. The summed E-state index contributed by atoms with van der Waals surface area (Å²) in [6, 6.07) is -0.327. The van der Waals surface area contributed by atoms with Gasteiger partial charge in [-0.25, -0.2) is 4.98 Å². The normalized spacial score (nSPS) is 19.7. The van der Waals surface area contributed by atoms with Gasteiger partial charge >= 0.3 is 0 Å². The van der Waals surface area contributed by atoms with Gasteiger partial charge in [0.05, 0.1) is 6.54 Å². The van der Waals surface area contributed by atoms with Gasteiger partial charge in [0, 0.05) is 32.4 Å². The van der Waals surface area contributed by atoms with Gasteiger partial charge in [-0.15, -0.1) is 0 Å². The lowest BCUT2D eigenvalue weighted by Gasteiger charge is -2.34. The van der Waals surface area contributed by atoms with Gasteiger partial charge < -0.3 is 14.8 Å². The van der Waals surface area contributed by atoms with Gasteiger partial charge in [-0.1, -0.05) is 13.3 Å². The third-order valence-corrected chi connectivity index (χ3v) is 3.47. The van der Waals surface area contributed by atoms with E-state index >= 15 is 0 Å². The molecule has 1 saturated heterocycles. The third kappa shape index (κ3) is 2.94. The van der Waals surface area contributed by atoms with E-state index in [-0.39, 0.29) is 24.4 Å². The van der Waals surface area contributed by atoms with Crippen LogP contribution in [0.2, 0.25) is 0 Å². The number of hydrogen-bond acceptors (Lipinski definition) is 3. The number of nitrogens with one attached hydrogen (secondary N) is 1. The van der Waals surface area contributed by atoms with Gasteiger partial charge in [0.15, 0.2) is 0 Å². The second-order valence-corrected chi connectivity index (χ2v) is 4.81. The Kier molecular flexibility index (Phi) is 4.19. The van der Waals surface area contributed by atoms with Crippen LogP contribution in [0.15, 0.2) is 12.4 Å². The Labute approximate surface area is 112 Å². The number of rotatable bonds is 5. The van der Waals surface area contributed by atoms with E-state index in [4.69, 9.17) is 0 Å². The molecule has 2 rings (SSSR count). The van der Waals surface area contributed by atoms with E-state index < -0.39 is 0 Å². The minimum absolute atomic E-state index is 0.00717. The fourth-order valence-corrected chi connectivity index (χ4v) is 2.40. The quantitative estimate of drug-likeness (QED) is 0.819. The van der Waals surface area contributed by atoms with Crippen molar-refractivity contribution in [3.05, 3.63) is 18.2 Å². The Morgan fingerprint density at radius 2 is 2.26 bits per heavy atom. The number of aryl methyl sites for hydroxylation is 1. The average molecular weight is 264 g/mol. The maximum atomic E-state index is 12.0. The van der Waals surface area contributed by atoms with E-state index in [1.165, 1.54) is 0 Å². The highest BCUT2D eigenvalue weighted by atomic mass is 16.2.